The van der Waals surface area contributed by atoms with Crippen molar-refractivity contribution >= 4 is 17.8 Å². The van der Waals surface area contributed by atoms with Crippen molar-refractivity contribution in [1.82, 2.24) is 10.6 Å². The minimum atomic E-state index is -1.14. The Hall–Kier alpha value is -1.63. The van der Waals surface area contributed by atoms with E-state index in [9.17, 15) is 14.4 Å². The van der Waals surface area contributed by atoms with Crippen molar-refractivity contribution < 1.29 is 19.5 Å². The first-order valence-corrected chi connectivity index (χ1v) is 3.96. The van der Waals surface area contributed by atoms with E-state index in [4.69, 9.17) is 10.8 Å². The fourth-order valence-electron chi connectivity index (χ4n) is 0.605. The molecular formula is C7H13N3O4. The van der Waals surface area contributed by atoms with Crippen LogP contribution in [0, 0.1) is 0 Å². The maximum absolute atomic E-state index is 10.9. The van der Waals surface area contributed by atoms with Gasteiger partial charge in [-0.2, -0.15) is 0 Å². The quantitative estimate of drug-likeness (QED) is 0.398. The SMILES string of the molecule is C[C@H](NC(=O)CNC(=O)CN)C(=O)O. The molecule has 0 aromatic heterocycles. The molecule has 0 bridgehead atoms. The van der Waals surface area contributed by atoms with Crippen LogP contribution in [0.1, 0.15) is 6.92 Å². The van der Waals surface area contributed by atoms with Gasteiger partial charge in [0.25, 0.3) is 0 Å². The summed E-state index contributed by atoms with van der Waals surface area (Å²) in [5.74, 6) is -2.17. The third-order valence-electron chi connectivity index (χ3n) is 1.38. The molecule has 0 aromatic carbocycles. The molecule has 7 nitrogen and oxygen atoms in total. The molecule has 0 saturated carbocycles. The molecule has 0 aliphatic rings. The molecule has 0 rings (SSSR count). The summed E-state index contributed by atoms with van der Waals surface area (Å²) in [5.41, 5.74) is 4.97. The highest BCUT2D eigenvalue weighted by atomic mass is 16.4. The van der Waals surface area contributed by atoms with Crippen LogP contribution in [-0.2, 0) is 14.4 Å². The van der Waals surface area contributed by atoms with Crippen molar-refractivity contribution in [2.75, 3.05) is 13.1 Å². The predicted octanol–water partition coefficient (Wildman–Crippen LogP) is -2.35. The summed E-state index contributed by atoms with van der Waals surface area (Å²) < 4.78 is 0. The number of carbonyl (C=O) groups excluding carboxylic acids is 2. The number of nitrogens with two attached hydrogens (primary N) is 1. The minimum absolute atomic E-state index is 0.207. The summed E-state index contributed by atoms with van der Waals surface area (Å²) in [4.78, 5) is 31.9. The third kappa shape index (κ3) is 5.09. The van der Waals surface area contributed by atoms with Crippen LogP contribution >= 0.6 is 0 Å². The fraction of sp³-hybridized carbons (Fsp3) is 0.571. The second-order valence-corrected chi connectivity index (χ2v) is 2.61. The van der Waals surface area contributed by atoms with Crippen molar-refractivity contribution in [2.45, 2.75) is 13.0 Å². The smallest absolute Gasteiger partial charge is 0.325 e. The highest BCUT2D eigenvalue weighted by molar-refractivity contribution is 5.88. The zero-order chi connectivity index (χ0) is 11.1. The van der Waals surface area contributed by atoms with E-state index in [-0.39, 0.29) is 13.1 Å². The summed E-state index contributed by atoms with van der Waals surface area (Å²) >= 11 is 0. The van der Waals surface area contributed by atoms with E-state index in [1.807, 2.05) is 0 Å². The summed E-state index contributed by atoms with van der Waals surface area (Å²) in [6.45, 7) is 0.848. The van der Waals surface area contributed by atoms with Gasteiger partial charge in [-0.15, -0.1) is 0 Å². The van der Waals surface area contributed by atoms with Crippen LogP contribution in [0.2, 0.25) is 0 Å². The minimum Gasteiger partial charge on any atom is -0.480 e. The number of carboxylic acids is 1. The monoisotopic (exact) mass is 203 g/mol. The van der Waals surface area contributed by atoms with Crippen molar-refractivity contribution in [2.24, 2.45) is 5.73 Å². The maximum Gasteiger partial charge on any atom is 0.325 e. The zero-order valence-corrected chi connectivity index (χ0v) is 7.74. The molecule has 0 aliphatic heterocycles. The number of hydrogen-bond acceptors (Lipinski definition) is 4. The van der Waals surface area contributed by atoms with Crippen molar-refractivity contribution in [3.05, 3.63) is 0 Å². The molecule has 0 radical (unpaired) electrons. The van der Waals surface area contributed by atoms with Crippen LogP contribution in [0.15, 0.2) is 0 Å². The Kier molecular flexibility index (Phi) is 5.23. The van der Waals surface area contributed by atoms with E-state index >= 15 is 0 Å². The lowest BCUT2D eigenvalue weighted by Crippen LogP contribution is -2.44. The number of carboxylic acid groups (broad SMARTS) is 1. The highest BCUT2D eigenvalue weighted by Crippen LogP contribution is 1.80. The topological polar surface area (TPSA) is 122 Å². The van der Waals surface area contributed by atoms with E-state index in [1.54, 1.807) is 0 Å². The summed E-state index contributed by atoms with van der Waals surface area (Å²) in [5, 5.41) is 12.8. The van der Waals surface area contributed by atoms with Crippen LogP contribution in [0.3, 0.4) is 0 Å². The van der Waals surface area contributed by atoms with Gasteiger partial charge < -0.3 is 21.5 Å². The van der Waals surface area contributed by atoms with Gasteiger partial charge >= 0.3 is 5.97 Å². The first kappa shape index (κ1) is 12.4. The van der Waals surface area contributed by atoms with Crippen LogP contribution in [0.4, 0.5) is 0 Å². The van der Waals surface area contributed by atoms with E-state index in [0.717, 1.165) is 0 Å². The lowest BCUT2D eigenvalue weighted by molar-refractivity contribution is -0.141. The summed E-state index contributed by atoms with van der Waals surface area (Å²) in [6.07, 6.45) is 0. The van der Waals surface area contributed by atoms with Gasteiger partial charge in [0.15, 0.2) is 0 Å². The zero-order valence-electron chi connectivity index (χ0n) is 7.74. The molecule has 2 amide bonds. The van der Waals surface area contributed by atoms with Gasteiger partial charge in [0.1, 0.15) is 6.04 Å². The van der Waals surface area contributed by atoms with Crippen molar-refractivity contribution in [3.63, 3.8) is 0 Å². The standard InChI is InChI=1S/C7H13N3O4/c1-4(7(13)14)10-6(12)3-9-5(11)2-8/h4H,2-3,8H2,1H3,(H,9,11)(H,10,12)(H,13,14)/t4-/m0/s1. The molecule has 0 aliphatic carbocycles. The average Bonchev–Trinajstić information content (AvgIpc) is 2.13. The number of aliphatic carboxylic acids is 1. The molecule has 7 heteroatoms. The fourth-order valence-corrected chi connectivity index (χ4v) is 0.605. The molecular weight excluding hydrogens is 190 g/mol. The van der Waals surface area contributed by atoms with E-state index < -0.39 is 23.8 Å². The molecule has 0 fully saturated rings. The predicted molar refractivity (Wildman–Crippen MR) is 47.3 cm³/mol. The largest absolute Gasteiger partial charge is 0.480 e. The molecule has 1 atom stereocenters. The first-order chi connectivity index (χ1) is 6.47. The van der Waals surface area contributed by atoms with E-state index in [0.29, 0.717) is 0 Å². The van der Waals surface area contributed by atoms with Crippen LogP contribution in [0.25, 0.3) is 0 Å². The normalized spacial score (nSPS) is 11.6. The number of carbonyl (C=O) groups is 3. The van der Waals surface area contributed by atoms with E-state index in [1.165, 1.54) is 6.92 Å². The Morgan fingerprint density at radius 1 is 1.36 bits per heavy atom. The number of amides is 2. The summed E-state index contributed by atoms with van der Waals surface area (Å²) in [7, 11) is 0. The molecule has 0 heterocycles. The van der Waals surface area contributed by atoms with Crippen LogP contribution in [-0.4, -0.2) is 42.0 Å². The van der Waals surface area contributed by atoms with Crippen molar-refractivity contribution in [3.8, 4) is 0 Å². The Morgan fingerprint density at radius 3 is 2.36 bits per heavy atom. The molecule has 80 valence electrons. The number of nitrogens with one attached hydrogen (secondary N) is 2. The van der Waals surface area contributed by atoms with Gasteiger partial charge in [0.2, 0.25) is 11.8 Å². The lowest BCUT2D eigenvalue weighted by Gasteiger charge is -2.09. The van der Waals surface area contributed by atoms with Gasteiger partial charge in [-0.3, -0.25) is 14.4 Å². The molecule has 0 saturated heterocycles. The Labute approximate surface area is 80.6 Å². The molecule has 0 spiro atoms. The van der Waals surface area contributed by atoms with E-state index in [2.05, 4.69) is 10.6 Å². The first-order valence-electron chi connectivity index (χ1n) is 3.96. The summed E-state index contributed by atoms with van der Waals surface area (Å²) in [6, 6.07) is -0.975. The Morgan fingerprint density at radius 2 is 1.93 bits per heavy atom. The molecule has 14 heavy (non-hydrogen) atoms. The average molecular weight is 203 g/mol. The number of hydrogen-bond donors (Lipinski definition) is 4. The third-order valence-corrected chi connectivity index (χ3v) is 1.38. The second-order valence-electron chi connectivity index (χ2n) is 2.61. The van der Waals surface area contributed by atoms with Gasteiger partial charge in [-0.25, -0.2) is 0 Å². The lowest BCUT2D eigenvalue weighted by atomic mass is 10.3. The van der Waals surface area contributed by atoms with Crippen LogP contribution < -0.4 is 16.4 Å². The Bertz CT molecular complexity index is 241. The van der Waals surface area contributed by atoms with Gasteiger partial charge in [0.05, 0.1) is 13.1 Å². The van der Waals surface area contributed by atoms with Crippen molar-refractivity contribution in [1.29, 1.82) is 0 Å². The second kappa shape index (κ2) is 5.92. The highest BCUT2D eigenvalue weighted by Gasteiger charge is 2.13. The molecule has 0 aromatic rings. The maximum atomic E-state index is 10.9. The van der Waals surface area contributed by atoms with Gasteiger partial charge in [-0.05, 0) is 6.92 Å². The Balaban J connectivity index is 3.76. The van der Waals surface area contributed by atoms with Gasteiger partial charge in [0, 0.05) is 0 Å². The van der Waals surface area contributed by atoms with Crippen LogP contribution in [0.5, 0.6) is 0 Å². The number of rotatable bonds is 5. The molecule has 0 unspecified atom stereocenters. The van der Waals surface area contributed by atoms with Gasteiger partial charge in [-0.1, -0.05) is 0 Å². The molecule has 5 N–H and O–H groups in total.